The van der Waals surface area contributed by atoms with Gasteiger partial charge in [0.1, 0.15) is 0 Å². The highest BCUT2D eigenvalue weighted by Gasteiger charge is 2.20. The molecule has 0 fully saturated rings. The molecule has 1 aromatic carbocycles. The molecule has 0 saturated carbocycles. The minimum atomic E-state index is 0.644. The highest BCUT2D eigenvalue weighted by molar-refractivity contribution is 5.90. The Morgan fingerprint density at radius 2 is 1.91 bits per heavy atom. The first kappa shape index (κ1) is 14.4. The van der Waals surface area contributed by atoms with Crippen molar-refractivity contribution in [3.63, 3.8) is 0 Å². The Labute approximate surface area is 131 Å². The molecule has 22 heavy (non-hydrogen) atoms. The van der Waals surface area contributed by atoms with E-state index in [9.17, 15) is 0 Å². The maximum absolute atomic E-state index is 4.50. The SMILES string of the molecule is C=C(CN1N=Cc2ccn(C)c2C1=C)c1ccc(CC)cc1. The minimum Gasteiger partial charge on any atom is -0.349 e. The van der Waals surface area contributed by atoms with Crippen LogP contribution in [0.15, 0.2) is 54.8 Å². The van der Waals surface area contributed by atoms with Gasteiger partial charge in [-0.25, -0.2) is 0 Å². The van der Waals surface area contributed by atoms with Crippen LogP contribution in [0.1, 0.15) is 29.3 Å². The van der Waals surface area contributed by atoms with Gasteiger partial charge in [-0.3, -0.25) is 5.01 Å². The standard InChI is InChI=1S/C19H21N3/c1-5-16-6-8-17(9-7-16)14(2)13-22-15(3)19-18(12-20-22)10-11-21(19)4/h6-12H,2-3,5,13H2,1,4H3. The van der Waals surface area contributed by atoms with Gasteiger partial charge in [0.15, 0.2) is 0 Å². The number of fused-ring (bicyclic) bond motifs is 1. The zero-order valence-electron chi connectivity index (χ0n) is 13.2. The second-order valence-electron chi connectivity index (χ2n) is 5.63. The molecule has 3 nitrogen and oxygen atoms in total. The van der Waals surface area contributed by atoms with Crippen LogP contribution in [0.4, 0.5) is 0 Å². The summed E-state index contributed by atoms with van der Waals surface area (Å²) in [6.45, 7) is 11.2. The van der Waals surface area contributed by atoms with Crippen LogP contribution in [0.2, 0.25) is 0 Å². The molecule has 3 heteroatoms. The fourth-order valence-electron chi connectivity index (χ4n) is 2.73. The third kappa shape index (κ3) is 2.50. The van der Waals surface area contributed by atoms with Crippen LogP contribution in [0.5, 0.6) is 0 Å². The average Bonchev–Trinajstić information content (AvgIpc) is 2.92. The summed E-state index contributed by atoms with van der Waals surface area (Å²) in [5.41, 5.74) is 6.67. The third-order valence-electron chi connectivity index (χ3n) is 4.14. The van der Waals surface area contributed by atoms with Crippen LogP contribution in [-0.4, -0.2) is 22.3 Å². The predicted molar refractivity (Wildman–Crippen MR) is 93.6 cm³/mol. The van der Waals surface area contributed by atoms with Crippen LogP contribution in [0.3, 0.4) is 0 Å². The van der Waals surface area contributed by atoms with Crippen molar-refractivity contribution in [2.24, 2.45) is 12.1 Å². The van der Waals surface area contributed by atoms with E-state index in [0.717, 1.165) is 34.5 Å². The Balaban J connectivity index is 1.77. The lowest BCUT2D eigenvalue weighted by molar-refractivity contribution is 0.470. The van der Waals surface area contributed by atoms with Gasteiger partial charge < -0.3 is 4.57 Å². The van der Waals surface area contributed by atoms with Crippen LogP contribution in [0, 0.1) is 0 Å². The van der Waals surface area contributed by atoms with Crippen molar-refractivity contribution in [2.75, 3.05) is 6.54 Å². The molecular weight excluding hydrogens is 270 g/mol. The summed E-state index contributed by atoms with van der Waals surface area (Å²) in [7, 11) is 2.03. The molecule has 2 aromatic rings. The molecule has 0 saturated heterocycles. The van der Waals surface area contributed by atoms with E-state index in [0.29, 0.717) is 6.54 Å². The van der Waals surface area contributed by atoms with Crippen molar-refractivity contribution in [3.8, 4) is 0 Å². The smallest absolute Gasteiger partial charge is 0.0769 e. The zero-order valence-corrected chi connectivity index (χ0v) is 13.2. The second-order valence-corrected chi connectivity index (χ2v) is 5.63. The van der Waals surface area contributed by atoms with Gasteiger partial charge in [0.2, 0.25) is 0 Å². The quantitative estimate of drug-likeness (QED) is 0.836. The zero-order chi connectivity index (χ0) is 15.7. The molecule has 0 amide bonds. The van der Waals surface area contributed by atoms with Crippen molar-refractivity contribution < 1.29 is 0 Å². The van der Waals surface area contributed by atoms with Crippen molar-refractivity contribution in [2.45, 2.75) is 13.3 Å². The number of nitrogens with zero attached hydrogens (tertiary/aromatic N) is 3. The second kappa shape index (κ2) is 5.68. The van der Waals surface area contributed by atoms with E-state index < -0.39 is 0 Å². The number of hydrazone groups is 1. The Bertz CT molecular complexity index is 747. The molecule has 0 spiro atoms. The minimum absolute atomic E-state index is 0.644. The monoisotopic (exact) mass is 291 g/mol. The summed E-state index contributed by atoms with van der Waals surface area (Å²) in [4.78, 5) is 0. The normalized spacial score (nSPS) is 13.4. The summed E-state index contributed by atoms with van der Waals surface area (Å²) in [6, 6.07) is 10.6. The van der Waals surface area contributed by atoms with E-state index in [-0.39, 0.29) is 0 Å². The maximum Gasteiger partial charge on any atom is 0.0769 e. The van der Waals surface area contributed by atoms with E-state index in [1.807, 2.05) is 24.5 Å². The van der Waals surface area contributed by atoms with Crippen LogP contribution >= 0.6 is 0 Å². The van der Waals surface area contributed by atoms with Gasteiger partial charge in [0.25, 0.3) is 0 Å². The van der Waals surface area contributed by atoms with E-state index in [2.05, 4.69) is 60.1 Å². The third-order valence-corrected chi connectivity index (χ3v) is 4.14. The summed E-state index contributed by atoms with van der Waals surface area (Å²) < 4.78 is 2.08. The molecule has 1 aliphatic heterocycles. The predicted octanol–water partition coefficient (Wildman–Crippen LogP) is 3.92. The average molecular weight is 291 g/mol. The molecule has 0 bridgehead atoms. The molecule has 0 unspecified atom stereocenters. The van der Waals surface area contributed by atoms with E-state index in [1.165, 1.54) is 5.56 Å². The van der Waals surface area contributed by atoms with Gasteiger partial charge in [-0.05, 0) is 29.2 Å². The molecule has 0 N–H and O–H groups in total. The topological polar surface area (TPSA) is 20.5 Å². The summed E-state index contributed by atoms with van der Waals surface area (Å²) >= 11 is 0. The molecule has 0 aliphatic carbocycles. The highest BCUT2D eigenvalue weighted by atomic mass is 15.5. The number of aryl methyl sites for hydroxylation is 2. The van der Waals surface area contributed by atoms with Gasteiger partial charge >= 0.3 is 0 Å². The first-order valence-corrected chi connectivity index (χ1v) is 7.53. The molecule has 2 heterocycles. The Hall–Kier alpha value is -2.55. The number of benzene rings is 1. The molecular formula is C19H21N3. The molecule has 3 rings (SSSR count). The van der Waals surface area contributed by atoms with Gasteiger partial charge in [-0.2, -0.15) is 5.10 Å². The van der Waals surface area contributed by atoms with E-state index in [4.69, 9.17) is 0 Å². The number of hydrogen-bond acceptors (Lipinski definition) is 2. The van der Waals surface area contributed by atoms with Crippen molar-refractivity contribution in [3.05, 3.63) is 72.1 Å². The number of aromatic nitrogens is 1. The summed E-state index contributed by atoms with van der Waals surface area (Å²) in [5, 5.41) is 6.41. The lowest BCUT2D eigenvalue weighted by Gasteiger charge is -2.26. The first-order valence-electron chi connectivity index (χ1n) is 7.53. The van der Waals surface area contributed by atoms with E-state index >= 15 is 0 Å². The summed E-state index contributed by atoms with van der Waals surface area (Å²) in [6.07, 6.45) is 4.97. The van der Waals surface area contributed by atoms with Gasteiger partial charge in [-0.1, -0.05) is 44.3 Å². The Morgan fingerprint density at radius 1 is 1.18 bits per heavy atom. The van der Waals surface area contributed by atoms with Gasteiger partial charge in [-0.15, -0.1) is 0 Å². The lowest BCUT2D eigenvalue weighted by atomic mass is 10.0. The molecule has 0 atom stereocenters. The van der Waals surface area contributed by atoms with Crippen molar-refractivity contribution in [1.82, 2.24) is 9.58 Å². The fraction of sp³-hybridized carbons (Fsp3) is 0.211. The Kier molecular flexibility index (Phi) is 3.72. The largest absolute Gasteiger partial charge is 0.349 e. The highest BCUT2D eigenvalue weighted by Crippen LogP contribution is 2.27. The van der Waals surface area contributed by atoms with Gasteiger partial charge in [0.05, 0.1) is 24.2 Å². The van der Waals surface area contributed by atoms with Crippen LogP contribution in [-0.2, 0) is 13.5 Å². The number of rotatable bonds is 4. The van der Waals surface area contributed by atoms with Gasteiger partial charge in [0, 0.05) is 18.8 Å². The Morgan fingerprint density at radius 3 is 2.59 bits per heavy atom. The first-order chi connectivity index (χ1) is 10.6. The summed E-state index contributed by atoms with van der Waals surface area (Å²) in [5.74, 6) is 0. The maximum atomic E-state index is 4.50. The van der Waals surface area contributed by atoms with Crippen molar-refractivity contribution in [1.29, 1.82) is 0 Å². The molecule has 1 aliphatic rings. The van der Waals surface area contributed by atoms with Crippen LogP contribution < -0.4 is 0 Å². The van der Waals surface area contributed by atoms with Crippen molar-refractivity contribution >= 4 is 17.5 Å². The number of hydrogen-bond donors (Lipinski definition) is 0. The fourth-order valence-corrected chi connectivity index (χ4v) is 2.73. The molecule has 112 valence electrons. The molecule has 0 radical (unpaired) electrons. The van der Waals surface area contributed by atoms with Crippen LogP contribution in [0.25, 0.3) is 11.3 Å². The lowest BCUT2D eigenvalue weighted by Crippen LogP contribution is -2.23. The molecule has 1 aromatic heterocycles. The van der Waals surface area contributed by atoms with E-state index in [1.54, 1.807) is 0 Å².